The highest BCUT2D eigenvalue weighted by Crippen LogP contribution is 2.34. The monoisotopic (exact) mass is 223 g/mol. The van der Waals surface area contributed by atoms with Crippen molar-refractivity contribution in [2.75, 3.05) is 13.7 Å². The van der Waals surface area contributed by atoms with Crippen molar-refractivity contribution in [1.29, 1.82) is 0 Å². The Labute approximate surface area is 95.8 Å². The molecule has 0 aromatic heterocycles. The maximum absolute atomic E-state index is 12.9. The highest BCUT2D eigenvalue weighted by Gasteiger charge is 2.34. The van der Waals surface area contributed by atoms with Crippen molar-refractivity contribution >= 4 is 0 Å². The number of halogens is 1. The van der Waals surface area contributed by atoms with Crippen LogP contribution in [0.25, 0.3) is 0 Å². The zero-order chi connectivity index (χ0) is 11.6. The van der Waals surface area contributed by atoms with Crippen LogP contribution in [0.2, 0.25) is 0 Å². The molecule has 0 bridgehead atoms. The Morgan fingerprint density at radius 3 is 2.69 bits per heavy atom. The van der Waals surface area contributed by atoms with E-state index in [9.17, 15) is 4.39 Å². The predicted molar refractivity (Wildman–Crippen MR) is 61.8 cm³/mol. The fraction of sp³-hybridized carbons (Fsp3) is 0.538. The first-order valence-corrected chi connectivity index (χ1v) is 5.71. The zero-order valence-electron chi connectivity index (χ0n) is 9.79. The Morgan fingerprint density at radius 2 is 2.06 bits per heavy atom. The highest BCUT2D eigenvalue weighted by molar-refractivity contribution is 5.23. The van der Waals surface area contributed by atoms with Crippen molar-refractivity contribution in [2.24, 2.45) is 0 Å². The summed E-state index contributed by atoms with van der Waals surface area (Å²) in [4.78, 5) is 0. The van der Waals surface area contributed by atoms with E-state index < -0.39 is 0 Å². The van der Waals surface area contributed by atoms with Gasteiger partial charge in [-0.15, -0.1) is 0 Å². The molecule has 1 heterocycles. The van der Waals surface area contributed by atoms with E-state index in [1.807, 2.05) is 19.2 Å². The Morgan fingerprint density at radius 1 is 1.38 bits per heavy atom. The van der Waals surface area contributed by atoms with Crippen molar-refractivity contribution in [2.45, 2.75) is 31.4 Å². The largest absolute Gasteiger partial charge is 0.370 e. The lowest BCUT2D eigenvalue weighted by Crippen LogP contribution is -2.42. The van der Waals surface area contributed by atoms with Crippen molar-refractivity contribution in [1.82, 2.24) is 5.32 Å². The maximum atomic E-state index is 12.9. The van der Waals surface area contributed by atoms with Gasteiger partial charge < -0.3 is 10.1 Å². The van der Waals surface area contributed by atoms with Crippen LogP contribution >= 0.6 is 0 Å². The van der Waals surface area contributed by atoms with Gasteiger partial charge in [-0.2, -0.15) is 0 Å². The molecule has 2 unspecified atom stereocenters. The van der Waals surface area contributed by atoms with Gasteiger partial charge in [0.25, 0.3) is 0 Å². The number of benzene rings is 1. The molecule has 2 nitrogen and oxygen atoms in total. The average molecular weight is 223 g/mol. The van der Waals surface area contributed by atoms with Crippen molar-refractivity contribution in [3.63, 3.8) is 0 Å². The van der Waals surface area contributed by atoms with Crippen LogP contribution in [0.4, 0.5) is 4.39 Å². The van der Waals surface area contributed by atoms with Crippen LogP contribution in [0.15, 0.2) is 24.3 Å². The standard InChI is InChI=1S/C13H18FNO/c1-13(9-12(15-2)7-8-16-13)10-3-5-11(14)6-4-10/h3-6,12,15H,7-9H2,1-2H3. The minimum Gasteiger partial charge on any atom is -0.370 e. The molecule has 1 aromatic rings. The minimum atomic E-state index is -0.292. The molecule has 1 aromatic carbocycles. The number of nitrogens with one attached hydrogen (secondary N) is 1. The summed E-state index contributed by atoms with van der Waals surface area (Å²) in [6.45, 7) is 2.82. The number of hydrogen-bond donors (Lipinski definition) is 1. The quantitative estimate of drug-likeness (QED) is 0.831. The summed E-state index contributed by atoms with van der Waals surface area (Å²) in [6, 6.07) is 7.09. The second-order valence-corrected chi connectivity index (χ2v) is 4.56. The smallest absolute Gasteiger partial charge is 0.123 e. The molecule has 0 saturated carbocycles. The number of ether oxygens (including phenoxy) is 1. The summed E-state index contributed by atoms with van der Waals surface area (Å²) in [7, 11) is 1.97. The van der Waals surface area contributed by atoms with Crippen LogP contribution in [0.1, 0.15) is 25.3 Å². The van der Waals surface area contributed by atoms with Gasteiger partial charge in [0.1, 0.15) is 5.82 Å². The van der Waals surface area contributed by atoms with E-state index in [1.54, 1.807) is 0 Å². The van der Waals surface area contributed by atoms with E-state index in [1.165, 1.54) is 12.1 Å². The molecule has 1 aliphatic heterocycles. The summed E-state index contributed by atoms with van der Waals surface area (Å²) >= 11 is 0. The van der Waals surface area contributed by atoms with Gasteiger partial charge in [-0.3, -0.25) is 0 Å². The van der Waals surface area contributed by atoms with Gasteiger partial charge in [-0.1, -0.05) is 12.1 Å². The SMILES string of the molecule is CNC1CCOC(C)(c2ccc(F)cc2)C1. The van der Waals surface area contributed by atoms with E-state index in [0.29, 0.717) is 6.04 Å². The molecule has 1 saturated heterocycles. The molecule has 2 rings (SSSR count). The van der Waals surface area contributed by atoms with Crippen LogP contribution in [0, 0.1) is 5.82 Å². The molecule has 2 atom stereocenters. The van der Waals surface area contributed by atoms with Gasteiger partial charge in [0.15, 0.2) is 0 Å². The lowest BCUT2D eigenvalue weighted by molar-refractivity contribution is -0.0804. The molecule has 0 spiro atoms. The van der Waals surface area contributed by atoms with Gasteiger partial charge in [0.2, 0.25) is 0 Å². The minimum absolute atomic E-state index is 0.201. The molecule has 1 fully saturated rings. The van der Waals surface area contributed by atoms with Crippen molar-refractivity contribution in [3.8, 4) is 0 Å². The van der Waals surface area contributed by atoms with Crippen molar-refractivity contribution in [3.05, 3.63) is 35.6 Å². The van der Waals surface area contributed by atoms with E-state index in [2.05, 4.69) is 12.2 Å². The Bertz CT molecular complexity index is 351. The van der Waals surface area contributed by atoms with E-state index >= 15 is 0 Å². The molecule has 1 N–H and O–H groups in total. The summed E-state index contributed by atoms with van der Waals surface area (Å²) in [5, 5.41) is 3.29. The molecule has 0 amide bonds. The first-order chi connectivity index (χ1) is 7.64. The Kier molecular flexibility index (Phi) is 3.26. The van der Waals surface area contributed by atoms with Crippen molar-refractivity contribution < 1.29 is 9.13 Å². The van der Waals surface area contributed by atoms with Gasteiger partial charge >= 0.3 is 0 Å². The third-order valence-electron chi connectivity index (χ3n) is 3.39. The first-order valence-electron chi connectivity index (χ1n) is 5.71. The topological polar surface area (TPSA) is 21.3 Å². The molecular formula is C13H18FNO. The third-order valence-corrected chi connectivity index (χ3v) is 3.39. The molecule has 0 aliphatic carbocycles. The normalized spacial score (nSPS) is 30.3. The Hall–Kier alpha value is -0.930. The molecule has 1 aliphatic rings. The second kappa shape index (κ2) is 4.52. The van der Waals surface area contributed by atoms with Crippen LogP contribution in [-0.2, 0) is 10.3 Å². The average Bonchev–Trinajstić information content (AvgIpc) is 2.29. The van der Waals surface area contributed by atoms with E-state index in [-0.39, 0.29) is 11.4 Å². The van der Waals surface area contributed by atoms with Crippen LogP contribution < -0.4 is 5.32 Å². The molecule has 88 valence electrons. The Balaban J connectivity index is 2.20. The highest BCUT2D eigenvalue weighted by atomic mass is 19.1. The predicted octanol–water partition coefficient (Wildman–Crippen LogP) is 2.44. The molecule has 3 heteroatoms. The first kappa shape index (κ1) is 11.6. The van der Waals surface area contributed by atoms with E-state index in [0.717, 1.165) is 25.0 Å². The number of hydrogen-bond acceptors (Lipinski definition) is 2. The maximum Gasteiger partial charge on any atom is 0.123 e. The van der Waals surface area contributed by atoms with Crippen LogP contribution in [0.3, 0.4) is 0 Å². The van der Waals surface area contributed by atoms with Gasteiger partial charge in [0, 0.05) is 12.6 Å². The van der Waals surface area contributed by atoms with Gasteiger partial charge in [-0.25, -0.2) is 4.39 Å². The van der Waals surface area contributed by atoms with Gasteiger partial charge in [0.05, 0.1) is 5.60 Å². The summed E-state index contributed by atoms with van der Waals surface area (Å²) in [5.74, 6) is -0.201. The fourth-order valence-corrected chi connectivity index (χ4v) is 2.31. The van der Waals surface area contributed by atoms with Crippen LogP contribution in [0.5, 0.6) is 0 Å². The number of rotatable bonds is 2. The second-order valence-electron chi connectivity index (χ2n) is 4.56. The molecular weight excluding hydrogens is 205 g/mol. The van der Waals surface area contributed by atoms with Gasteiger partial charge in [-0.05, 0) is 44.5 Å². The molecule has 0 radical (unpaired) electrons. The summed E-state index contributed by atoms with van der Waals surface area (Å²) in [6.07, 6.45) is 1.96. The fourth-order valence-electron chi connectivity index (χ4n) is 2.31. The van der Waals surface area contributed by atoms with Crippen LogP contribution in [-0.4, -0.2) is 19.7 Å². The lowest BCUT2D eigenvalue weighted by atomic mass is 9.86. The van der Waals surface area contributed by atoms with E-state index in [4.69, 9.17) is 4.74 Å². The summed E-state index contributed by atoms with van der Waals surface area (Å²) in [5.41, 5.74) is 0.758. The summed E-state index contributed by atoms with van der Waals surface area (Å²) < 4.78 is 18.7. The lowest BCUT2D eigenvalue weighted by Gasteiger charge is -2.38. The zero-order valence-corrected chi connectivity index (χ0v) is 9.79. The molecule has 16 heavy (non-hydrogen) atoms. The third kappa shape index (κ3) is 2.25.